The predicted octanol–water partition coefficient (Wildman–Crippen LogP) is 4.42. The summed E-state index contributed by atoms with van der Waals surface area (Å²) in [5.74, 6) is 1.08. The maximum absolute atomic E-state index is 12.7. The topological polar surface area (TPSA) is 29.5 Å². The van der Waals surface area contributed by atoms with Crippen LogP contribution in [0, 0.1) is 28.6 Å². The molecule has 25 heavy (non-hydrogen) atoms. The number of hydrogen-bond donors (Lipinski definition) is 0. The molecule has 140 valence electrons. The third-order valence-electron chi connectivity index (χ3n) is 7.52. The Morgan fingerprint density at radius 2 is 2.04 bits per heavy atom. The van der Waals surface area contributed by atoms with E-state index in [0.29, 0.717) is 17.3 Å². The molecule has 0 aromatic rings. The van der Waals surface area contributed by atoms with E-state index < -0.39 is 0 Å². The van der Waals surface area contributed by atoms with Crippen LogP contribution in [-0.2, 0) is 9.53 Å². The van der Waals surface area contributed by atoms with Gasteiger partial charge in [-0.05, 0) is 55.4 Å². The van der Waals surface area contributed by atoms with Crippen LogP contribution in [0.5, 0.6) is 0 Å². The highest BCUT2D eigenvalue weighted by Gasteiger charge is 2.52. The van der Waals surface area contributed by atoms with Crippen LogP contribution in [0.25, 0.3) is 0 Å². The Morgan fingerprint density at radius 1 is 1.24 bits per heavy atom. The van der Waals surface area contributed by atoms with Gasteiger partial charge >= 0.3 is 5.97 Å². The first-order chi connectivity index (χ1) is 11.8. The van der Waals surface area contributed by atoms with Crippen molar-refractivity contribution in [3.63, 3.8) is 0 Å². The van der Waals surface area contributed by atoms with Gasteiger partial charge in [-0.15, -0.1) is 0 Å². The zero-order valence-corrected chi connectivity index (χ0v) is 16.5. The highest BCUT2D eigenvalue weighted by molar-refractivity contribution is 5.76. The molecular formula is C22H35NO2. The lowest BCUT2D eigenvalue weighted by Crippen LogP contribution is -2.45. The van der Waals surface area contributed by atoms with Crippen LogP contribution in [-0.4, -0.2) is 36.6 Å². The minimum absolute atomic E-state index is 0.0464. The van der Waals surface area contributed by atoms with Gasteiger partial charge in [-0.1, -0.05) is 45.8 Å². The van der Waals surface area contributed by atoms with E-state index in [9.17, 15) is 4.79 Å². The third-order valence-corrected chi connectivity index (χ3v) is 7.52. The highest BCUT2D eigenvalue weighted by atomic mass is 16.6. The number of ether oxygens (including phenoxy) is 1. The van der Waals surface area contributed by atoms with E-state index in [4.69, 9.17) is 4.74 Å². The molecule has 3 heteroatoms. The van der Waals surface area contributed by atoms with E-state index >= 15 is 0 Å². The lowest BCUT2D eigenvalue weighted by Gasteiger charge is -2.46. The molecule has 0 radical (unpaired) electrons. The molecule has 0 amide bonds. The summed E-state index contributed by atoms with van der Waals surface area (Å²) in [5.41, 5.74) is 2.27. The Hall–Kier alpha value is -0.830. The number of hydrogen-bond acceptors (Lipinski definition) is 3. The molecule has 2 heterocycles. The minimum atomic E-state index is 0.0464. The monoisotopic (exact) mass is 345 g/mol. The van der Waals surface area contributed by atoms with Gasteiger partial charge in [0.05, 0.1) is 5.92 Å². The molecular weight excluding hydrogens is 310 g/mol. The standard InChI is InChI=1S/C22H35NO2/c1-15-7-5-9-22(4)12-19-16(11-18(15)22)17(20(24)25-19)13-23-10-6-8-21(2,3)14-23/h11,15-17,19H,5-10,12-14H2,1-4H3/t15-,16+,17?,19+,22+/m0/s1. The zero-order valence-electron chi connectivity index (χ0n) is 16.5. The number of carbonyl (C=O) groups is 1. The molecule has 3 fully saturated rings. The smallest absolute Gasteiger partial charge is 0.311 e. The fourth-order valence-corrected chi connectivity index (χ4v) is 6.24. The Kier molecular flexibility index (Phi) is 4.30. The van der Waals surface area contributed by atoms with Gasteiger partial charge in [0.1, 0.15) is 6.10 Å². The van der Waals surface area contributed by atoms with Gasteiger partial charge in [0.2, 0.25) is 0 Å². The van der Waals surface area contributed by atoms with Crippen molar-refractivity contribution in [2.75, 3.05) is 19.6 Å². The lowest BCUT2D eigenvalue weighted by molar-refractivity contribution is -0.145. The second kappa shape index (κ2) is 6.11. The van der Waals surface area contributed by atoms with Crippen molar-refractivity contribution in [3.8, 4) is 0 Å². The van der Waals surface area contributed by atoms with Crippen molar-refractivity contribution in [1.29, 1.82) is 0 Å². The average Bonchev–Trinajstić information content (AvgIpc) is 2.79. The normalized spacial score (nSPS) is 43.8. The van der Waals surface area contributed by atoms with Crippen molar-refractivity contribution in [2.24, 2.45) is 28.6 Å². The van der Waals surface area contributed by atoms with Crippen LogP contribution in [0.4, 0.5) is 0 Å². The van der Waals surface area contributed by atoms with Crippen LogP contribution in [0.1, 0.15) is 66.2 Å². The molecule has 4 rings (SSSR count). The fraction of sp³-hybridized carbons (Fsp3) is 0.864. The second-order valence-electron chi connectivity index (χ2n) is 10.3. The van der Waals surface area contributed by atoms with E-state index in [2.05, 4.69) is 38.7 Å². The third kappa shape index (κ3) is 3.18. The second-order valence-corrected chi connectivity index (χ2v) is 10.3. The molecule has 0 N–H and O–H groups in total. The first-order valence-corrected chi connectivity index (χ1v) is 10.4. The number of allylic oxidation sites excluding steroid dienone is 1. The molecule has 0 aromatic heterocycles. The number of piperidine rings is 1. The zero-order chi connectivity index (χ0) is 17.8. The molecule has 4 aliphatic rings. The quantitative estimate of drug-likeness (QED) is 0.548. The van der Waals surface area contributed by atoms with E-state index in [1.165, 1.54) is 32.1 Å². The van der Waals surface area contributed by atoms with Gasteiger partial charge in [-0.3, -0.25) is 4.79 Å². The first-order valence-electron chi connectivity index (χ1n) is 10.4. The molecule has 0 bridgehead atoms. The van der Waals surface area contributed by atoms with Crippen molar-refractivity contribution in [3.05, 3.63) is 11.6 Å². The van der Waals surface area contributed by atoms with Crippen molar-refractivity contribution in [1.82, 2.24) is 4.90 Å². The van der Waals surface area contributed by atoms with E-state index in [1.807, 2.05) is 0 Å². The maximum Gasteiger partial charge on any atom is 0.311 e. The van der Waals surface area contributed by atoms with Crippen molar-refractivity contribution >= 4 is 5.97 Å². The first kappa shape index (κ1) is 17.6. The van der Waals surface area contributed by atoms with Crippen molar-refractivity contribution in [2.45, 2.75) is 72.3 Å². The average molecular weight is 346 g/mol. The summed E-state index contributed by atoms with van der Waals surface area (Å²) in [6, 6.07) is 0. The van der Waals surface area contributed by atoms with Gasteiger partial charge in [-0.25, -0.2) is 0 Å². The van der Waals surface area contributed by atoms with Crippen LogP contribution in [0.2, 0.25) is 0 Å². The maximum atomic E-state index is 12.7. The number of fused-ring (bicyclic) bond motifs is 2. The molecule has 3 nitrogen and oxygen atoms in total. The molecule has 0 spiro atoms. The minimum Gasteiger partial charge on any atom is -0.461 e. The highest BCUT2D eigenvalue weighted by Crippen LogP contribution is 2.54. The van der Waals surface area contributed by atoms with E-state index in [1.54, 1.807) is 5.57 Å². The van der Waals surface area contributed by atoms with Crippen LogP contribution >= 0.6 is 0 Å². The number of likely N-dealkylation sites (tertiary alicyclic amines) is 1. The number of rotatable bonds is 2. The number of nitrogens with zero attached hydrogens (tertiary/aromatic N) is 1. The van der Waals surface area contributed by atoms with Crippen LogP contribution in [0.3, 0.4) is 0 Å². The summed E-state index contributed by atoms with van der Waals surface area (Å²) in [7, 11) is 0. The molecule has 5 atom stereocenters. The van der Waals surface area contributed by atoms with Crippen molar-refractivity contribution < 1.29 is 9.53 Å². The van der Waals surface area contributed by atoms with Gasteiger partial charge in [-0.2, -0.15) is 0 Å². The summed E-state index contributed by atoms with van der Waals surface area (Å²) < 4.78 is 5.91. The molecule has 2 aliphatic carbocycles. The summed E-state index contributed by atoms with van der Waals surface area (Å²) in [6.45, 7) is 12.6. The Morgan fingerprint density at radius 3 is 2.80 bits per heavy atom. The summed E-state index contributed by atoms with van der Waals surface area (Å²) >= 11 is 0. The van der Waals surface area contributed by atoms with Gasteiger partial charge in [0, 0.05) is 19.0 Å². The summed E-state index contributed by atoms with van der Waals surface area (Å²) in [5, 5.41) is 0. The molecule has 2 aliphatic heterocycles. The number of esters is 1. The lowest BCUT2D eigenvalue weighted by atomic mass is 9.59. The predicted molar refractivity (Wildman–Crippen MR) is 100 cm³/mol. The molecule has 1 unspecified atom stereocenters. The van der Waals surface area contributed by atoms with E-state index in [-0.39, 0.29) is 23.4 Å². The van der Waals surface area contributed by atoms with Crippen LogP contribution in [0.15, 0.2) is 11.6 Å². The molecule has 0 aromatic carbocycles. The van der Waals surface area contributed by atoms with Crippen LogP contribution < -0.4 is 0 Å². The van der Waals surface area contributed by atoms with E-state index in [0.717, 1.165) is 26.1 Å². The Labute approximate surface area is 153 Å². The Bertz CT molecular complexity index is 581. The summed E-state index contributed by atoms with van der Waals surface area (Å²) in [6.07, 6.45) is 10.1. The van der Waals surface area contributed by atoms with Gasteiger partial charge in [0.15, 0.2) is 0 Å². The molecule has 1 saturated carbocycles. The number of carbonyl (C=O) groups excluding carboxylic acids is 1. The largest absolute Gasteiger partial charge is 0.461 e. The van der Waals surface area contributed by atoms with Gasteiger partial charge < -0.3 is 9.64 Å². The van der Waals surface area contributed by atoms with Gasteiger partial charge in [0.25, 0.3) is 0 Å². The fourth-order valence-electron chi connectivity index (χ4n) is 6.24. The molecule has 2 saturated heterocycles. The summed E-state index contributed by atoms with van der Waals surface area (Å²) in [4.78, 5) is 15.2. The Balaban J connectivity index is 1.55. The SMILES string of the molecule is C[C@H]1CCC[C@]2(C)C[C@H]3OC(=O)C(CN4CCCC(C)(C)C4)[C@H]3C=C12.